The van der Waals surface area contributed by atoms with Gasteiger partial charge in [-0.2, -0.15) is 5.53 Å². The second kappa shape index (κ2) is 9.51. The van der Waals surface area contributed by atoms with Gasteiger partial charge in [0.05, 0.1) is 0 Å². The average molecular weight is 404 g/mol. The third kappa shape index (κ3) is 5.15. The molecule has 3 N–H and O–H groups in total. The second-order valence-electron chi connectivity index (χ2n) is 8.98. The molecule has 1 aromatic carbocycles. The van der Waals surface area contributed by atoms with Crippen molar-refractivity contribution in [3.8, 4) is 0 Å². The smallest absolute Gasteiger partial charge is 0.225 e. The van der Waals surface area contributed by atoms with E-state index in [1.165, 1.54) is 6.07 Å². The molecule has 0 radical (unpaired) electrons. The van der Waals surface area contributed by atoms with Crippen LogP contribution in [0.2, 0.25) is 0 Å². The van der Waals surface area contributed by atoms with E-state index in [9.17, 15) is 9.18 Å². The van der Waals surface area contributed by atoms with E-state index in [0.29, 0.717) is 23.9 Å². The molecule has 160 valence electrons. The molecule has 3 atom stereocenters. The second-order valence-corrected chi connectivity index (χ2v) is 8.98. The van der Waals surface area contributed by atoms with Gasteiger partial charge in [-0.3, -0.25) is 4.79 Å². The molecule has 2 saturated heterocycles. The summed E-state index contributed by atoms with van der Waals surface area (Å²) in [4.78, 5) is 17.3. The monoisotopic (exact) mass is 403 g/mol. The summed E-state index contributed by atoms with van der Waals surface area (Å²) < 4.78 is 13.8. The van der Waals surface area contributed by atoms with E-state index in [1.807, 2.05) is 24.1 Å². The SMILES string of the molecule is CN(CC1CCN(CCc2ccccc2F)CC1)C(=O)C1CCC2NNNC2C1. The molecule has 0 aromatic heterocycles. The lowest BCUT2D eigenvalue weighted by molar-refractivity contribution is -0.136. The van der Waals surface area contributed by atoms with Crippen molar-refractivity contribution < 1.29 is 9.18 Å². The summed E-state index contributed by atoms with van der Waals surface area (Å²) in [5, 5.41) is 0. The van der Waals surface area contributed by atoms with E-state index in [1.54, 1.807) is 6.07 Å². The molecule has 7 heteroatoms. The van der Waals surface area contributed by atoms with Gasteiger partial charge in [-0.05, 0) is 69.2 Å². The van der Waals surface area contributed by atoms with Crippen LogP contribution < -0.4 is 16.4 Å². The Labute approximate surface area is 173 Å². The number of halogens is 1. The quantitative estimate of drug-likeness (QED) is 0.675. The highest BCUT2D eigenvalue weighted by Gasteiger charge is 2.37. The number of carbonyl (C=O) groups is 1. The van der Waals surface area contributed by atoms with Crippen LogP contribution in [0.5, 0.6) is 0 Å². The molecule has 1 aromatic rings. The molecule has 3 unspecified atom stereocenters. The Bertz CT molecular complexity index is 694. The van der Waals surface area contributed by atoms with Gasteiger partial charge in [-0.25, -0.2) is 15.2 Å². The zero-order valence-electron chi connectivity index (χ0n) is 17.4. The number of likely N-dealkylation sites (tertiary alicyclic amines) is 1. The Morgan fingerprint density at radius 3 is 2.69 bits per heavy atom. The Morgan fingerprint density at radius 2 is 1.90 bits per heavy atom. The van der Waals surface area contributed by atoms with Crippen molar-refractivity contribution in [1.82, 2.24) is 26.2 Å². The molecule has 3 aliphatic rings. The van der Waals surface area contributed by atoms with Crippen LogP contribution in [0.4, 0.5) is 4.39 Å². The van der Waals surface area contributed by atoms with Gasteiger partial charge in [0.2, 0.25) is 5.91 Å². The molecule has 3 fully saturated rings. The molecule has 1 aliphatic carbocycles. The van der Waals surface area contributed by atoms with Gasteiger partial charge < -0.3 is 9.80 Å². The molecular weight excluding hydrogens is 369 g/mol. The molecule has 6 nitrogen and oxygen atoms in total. The highest BCUT2D eigenvalue weighted by atomic mass is 19.1. The number of nitrogens with zero attached hydrogens (tertiary/aromatic N) is 2. The summed E-state index contributed by atoms with van der Waals surface area (Å²) in [5.41, 5.74) is 10.3. The Kier molecular flexibility index (Phi) is 6.80. The molecule has 0 bridgehead atoms. The topological polar surface area (TPSA) is 59.6 Å². The minimum absolute atomic E-state index is 0.101. The van der Waals surface area contributed by atoms with E-state index >= 15 is 0 Å². The summed E-state index contributed by atoms with van der Waals surface area (Å²) in [6, 6.07) is 7.85. The Hall–Kier alpha value is -1.54. The first-order valence-corrected chi connectivity index (χ1v) is 11.1. The highest BCUT2D eigenvalue weighted by molar-refractivity contribution is 5.78. The number of hydrogen-bond acceptors (Lipinski definition) is 5. The lowest BCUT2D eigenvalue weighted by Gasteiger charge is -2.36. The summed E-state index contributed by atoms with van der Waals surface area (Å²) in [6.45, 7) is 3.84. The maximum absolute atomic E-state index is 13.8. The lowest BCUT2D eigenvalue weighted by Crippen LogP contribution is -2.46. The minimum Gasteiger partial charge on any atom is -0.345 e. The first-order valence-electron chi connectivity index (χ1n) is 11.1. The Morgan fingerprint density at radius 1 is 1.14 bits per heavy atom. The standard InChI is InChI=1S/C22H34FN5O/c1-27(22(29)18-6-7-20-21(14-18)25-26-24-20)15-16-8-11-28(12-9-16)13-10-17-4-2-3-5-19(17)23/h2-5,16,18,20-21,24-26H,6-15H2,1H3. The zero-order valence-corrected chi connectivity index (χ0v) is 17.4. The molecule has 2 heterocycles. The maximum atomic E-state index is 13.8. The molecular formula is C22H34FN5O. The Balaban J connectivity index is 1.18. The van der Waals surface area contributed by atoms with Gasteiger partial charge in [0, 0.05) is 38.1 Å². The van der Waals surface area contributed by atoms with Gasteiger partial charge in [0.1, 0.15) is 5.82 Å². The van der Waals surface area contributed by atoms with Crippen molar-refractivity contribution in [3.63, 3.8) is 0 Å². The van der Waals surface area contributed by atoms with Crippen molar-refractivity contribution in [1.29, 1.82) is 0 Å². The number of hydrazine groups is 2. The van der Waals surface area contributed by atoms with Crippen molar-refractivity contribution >= 4 is 5.91 Å². The molecule has 29 heavy (non-hydrogen) atoms. The number of piperidine rings is 1. The normalized spacial score (nSPS) is 28.3. The summed E-state index contributed by atoms with van der Waals surface area (Å²) in [6.07, 6.45) is 5.89. The largest absolute Gasteiger partial charge is 0.345 e. The first kappa shape index (κ1) is 20.7. The predicted octanol–water partition coefficient (Wildman–Crippen LogP) is 1.69. The van der Waals surface area contributed by atoms with Crippen molar-refractivity contribution in [2.75, 3.05) is 33.2 Å². The van der Waals surface area contributed by atoms with E-state index in [0.717, 1.165) is 70.3 Å². The van der Waals surface area contributed by atoms with E-state index in [4.69, 9.17) is 0 Å². The molecule has 1 amide bonds. The van der Waals surface area contributed by atoms with Gasteiger partial charge in [-0.15, -0.1) is 0 Å². The van der Waals surface area contributed by atoms with Crippen LogP contribution in [0.1, 0.15) is 37.7 Å². The van der Waals surface area contributed by atoms with Crippen LogP contribution in [0, 0.1) is 17.7 Å². The van der Waals surface area contributed by atoms with Gasteiger partial charge in [0.25, 0.3) is 0 Å². The number of amides is 1. The third-order valence-electron chi connectivity index (χ3n) is 6.99. The number of rotatable bonds is 6. The summed E-state index contributed by atoms with van der Waals surface area (Å²) in [7, 11) is 1.97. The fourth-order valence-electron chi connectivity index (χ4n) is 5.12. The minimum atomic E-state index is -0.101. The summed E-state index contributed by atoms with van der Waals surface area (Å²) >= 11 is 0. The first-order chi connectivity index (χ1) is 14.1. The van der Waals surface area contributed by atoms with E-state index in [2.05, 4.69) is 21.3 Å². The van der Waals surface area contributed by atoms with E-state index < -0.39 is 0 Å². The number of nitrogens with one attached hydrogen (secondary N) is 3. The van der Waals surface area contributed by atoms with Crippen LogP contribution >= 0.6 is 0 Å². The molecule has 1 saturated carbocycles. The van der Waals surface area contributed by atoms with Crippen LogP contribution in [0.3, 0.4) is 0 Å². The zero-order chi connectivity index (χ0) is 20.2. The van der Waals surface area contributed by atoms with Crippen molar-refractivity contribution in [2.24, 2.45) is 11.8 Å². The fourth-order valence-corrected chi connectivity index (χ4v) is 5.12. The molecule has 0 spiro atoms. The van der Waals surface area contributed by atoms with Crippen LogP contribution in [0.15, 0.2) is 24.3 Å². The number of carbonyl (C=O) groups excluding carboxylic acids is 1. The number of fused-ring (bicyclic) bond motifs is 1. The molecule has 2 aliphatic heterocycles. The average Bonchev–Trinajstić information content (AvgIpc) is 3.21. The van der Waals surface area contributed by atoms with Crippen molar-refractivity contribution in [3.05, 3.63) is 35.6 Å². The van der Waals surface area contributed by atoms with Crippen LogP contribution in [-0.2, 0) is 11.2 Å². The van der Waals surface area contributed by atoms with Gasteiger partial charge in [0.15, 0.2) is 0 Å². The highest BCUT2D eigenvalue weighted by Crippen LogP contribution is 2.28. The number of hydrogen-bond donors (Lipinski definition) is 3. The van der Waals surface area contributed by atoms with Gasteiger partial charge >= 0.3 is 0 Å². The fraction of sp³-hybridized carbons (Fsp3) is 0.682. The summed E-state index contributed by atoms with van der Waals surface area (Å²) in [5.74, 6) is 0.907. The van der Waals surface area contributed by atoms with Gasteiger partial charge in [-0.1, -0.05) is 18.2 Å². The maximum Gasteiger partial charge on any atom is 0.225 e. The predicted molar refractivity (Wildman–Crippen MR) is 111 cm³/mol. The van der Waals surface area contributed by atoms with Crippen molar-refractivity contribution in [2.45, 2.75) is 50.6 Å². The van der Waals surface area contributed by atoms with E-state index in [-0.39, 0.29) is 11.7 Å². The van der Waals surface area contributed by atoms with Crippen LogP contribution in [0.25, 0.3) is 0 Å². The number of benzene rings is 1. The third-order valence-corrected chi connectivity index (χ3v) is 6.99. The molecule has 4 rings (SSSR count). The van der Waals surface area contributed by atoms with Crippen LogP contribution in [-0.4, -0.2) is 61.0 Å². The lowest BCUT2D eigenvalue weighted by atomic mass is 9.82.